The van der Waals surface area contributed by atoms with E-state index >= 15 is 0 Å². The van der Waals surface area contributed by atoms with Crippen molar-refractivity contribution in [1.82, 2.24) is 0 Å². The smallest absolute Gasteiger partial charge is 0.312 e. The van der Waals surface area contributed by atoms with Crippen LogP contribution in [0.1, 0.15) is 6.42 Å². The highest BCUT2D eigenvalue weighted by Gasteiger charge is 2.99. The molecule has 5 rings (SSSR count). The SMILES string of the molecule is COC(=O)C12C3C4C1[C@@H]2C[C@H]43. The van der Waals surface area contributed by atoms with Gasteiger partial charge in [-0.2, -0.15) is 0 Å². The average Bonchev–Trinajstić information content (AvgIpc) is 2.64. The van der Waals surface area contributed by atoms with E-state index in [4.69, 9.17) is 4.74 Å². The molecule has 0 aromatic carbocycles. The van der Waals surface area contributed by atoms with E-state index in [2.05, 4.69) is 0 Å². The average molecular weight is 150 g/mol. The normalized spacial score (nSPS) is 71.5. The number of ether oxygens (including phenoxy) is 1. The molecule has 2 nitrogen and oxygen atoms in total. The number of hydrogen-bond donors (Lipinski definition) is 0. The fraction of sp³-hybridized carbons (Fsp3) is 0.889. The van der Waals surface area contributed by atoms with Gasteiger partial charge in [-0.25, -0.2) is 0 Å². The molecule has 0 aromatic heterocycles. The third kappa shape index (κ3) is 0.256. The predicted molar refractivity (Wildman–Crippen MR) is 36.5 cm³/mol. The molecule has 58 valence electrons. The van der Waals surface area contributed by atoms with Crippen LogP contribution in [0.3, 0.4) is 0 Å². The summed E-state index contributed by atoms with van der Waals surface area (Å²) in [5, 5.41) is 0. The molecule has 0 saturated heterocycles. The van der Waals surface area contributed by atoms with Gasteiger partial charge in [0.1, 0.15) is 0 Å². The number of rotatable bonds is 1. The van der Waals surface area contributed by atoms with Gasteiger partial charge in [0.2, 0.25) is 0 Å². The van der Waals surface area contributed by atoms with E-state index in [0.29, 0.717) is 0 Å². The van der Waals surface area contributed by atoms with E-state index in [1.807, 2.05) is 0 Å². The summed E-state index contributed by atoms with van der Waals surface area (Å²) in [6, 6.07) is 0. The Labute approximate surface area is 64.9 Å². The van der Waals surface area contributed by atoms with E-state index in [-0.39, 0.29) is 11.4 Å². The third-order valence-corrected chi connectivity index (χ3v) is 4.75. The lowest BCUT2D eigenvalue weighted by atomic mass is 9.85. The maximum Gasteiger partial charge on any atom is 0.312 e. The first-order valence-electron chi connectivity index (χ1n) is 4.42. The van der Waals surface area contributed by atoms with Crippen LogP contribution in [-0.4, -0.2) is 13.1 Å². The van der Waals surface area contributed by atoms with Crippen molar-refractivity contribution in [1.29, 1.82) is 0 Å². The Hall–Kier alpha value is -0.530. The van der Waals surface area contributed by atoms with E-state index in [9.17, 15) is 4.79 Å². The zero-order valence-corrected chi connectivity index (χ0v) is 6.41. The van der Waals surface area contributed by atoms with Crippen LogP contribution in [0, 0.1) is 35.0 Å². The second-order valence-corrected chi connectivity index (χ2v) is 4.56. The Morgan fingerprint density at radius 2 is 2.36 bits per heavy atom. The van der Waals surface area contributed by atoms with Crippen LogP contribution in [0.4, 0.5) is 0 Å². The molecule has 0 N–H and O–H groups in total. The van der Waals surface area contributed by atoms with Crippen LogP contribution in [-0.2, 0) is 9.53 Å². The molecular weight excluding hydrogens is 140 g/mol. The molecule has 0 aliphatic heterocycles. The van der Waals surface area contributed by atoms with Gasteiger partial charge < -0.3 is 4.74 Å². The van der Waals surface area contributed by atoms with Crippen molar-refractivity contribution >= 4 is 5.97 Å². The Kier molecular flexibility index (Phi) is 0.493. The van der Waals surface area contributed by atoms with E-state index in [0.717, 1.165) is 29.6 Å². The molecule has 0 aromatic rings. The van der Waals surface area contributed by atoms with Gasteiger partial charge in [0.05, 0.1) is 12.5 Å². The maximum absolute atomic E-state index is 11.4. The van der Waals surface area contributed by atoms with Crippen LogP contribution in [0.2, 0.25) is 0 Å². The topological polar surface area (TPSA) is 26.3 Å². The first kappa shape index (κ1) is 5.18. The van der Waals surface area contributed by atoms with Crippen LogP contribution >= 0.6 is 0 Å². The number of esters is 1. The molecular formula is C9H10O2. The molecule has 5 aliphatic rings. The largest absolute Gasteiger partial charge is 0.469 e. The number of hydrogen-bond acceptors (Lipinski definition) is 2. The fourth-order valence-corrected chi connectivity index (χ4v) is 4.55. The highest BCUT2D eigenvalue weighted by Crippen LogP contribution is 2.98. The second kappa shape index (κ2) is 1.05. The van der Waals surface area contributed by atoms with Crippen molar-refractivity contribution in [3.05, 3.63) is 0 Å². The van der Waals surface area contributed by atoms with E-state index in [1.165, 1.54) is 13.5 Å². The van der Waals surface area contributed by atoms with Crippen molar-refractivity contribution in [2.24, 2.45) is 35.0 Å². The molecule has 0 spiro atoms. The summed E-state index contributed by atoms with van der Waals surface area (Å²) in [6.07, 6.45) is 1.34. The summed E-state index contributed by atoms with van der Waals surface area (Å²) < 4.78 is 4.85. The molecule has 5 saturated carbocycles. The standard InChI is InChI=1S/C9H10O2/c1-11-8(10)9-4-2-3-5(6(3)9)7(4)9/h3-7H,2H2,1H3/t3-,4+,5?,6?,7?,9?/m1/s1. The number of carbonyl (C=O) groups is 1. The number of carbonyl (C=O) groups excluding carboxylic acids is 1. The van der Waals surface area contributed by atoms with Crippen LogP contribution in [0.25, 0.3) is 0 Å². The fourth-order valence-electron chi connectivity index (χ4n) is 4.55. The lowest BCUT2D eigenvalue weighted by Gasteiger charge is -2.21. The predicted octanol–water partition coefficient (Wildman–Crippen LogP) is 0.671. The molecule has 0 amide bonds. The quantitative estimate of drug-likeness (QED) is 0.513. The van der Waals surface area contributed by atoms with Crippen LogP contribution in [0.15, 0.2) is 0 Å². The van der Waals surface area contributed by atoms with Crippen LogP contribution < -0.4 is 0 Å². The molecule has 2 bridgehead atoms. The molecule has 5 fully saturated rings. The summed E-state index contributed by atoms with van der Waals surface area (Å²) in [5.41, 5.74) is 0.101. The number of methoxy groups -OCH3 is 1. The van der Waals surface area contributed by atoms with Gasteiger partial charge in [0, 0.05) is 0 Å². The first-order valence-corrected chi connectivity index (χ1v) is 4.42. The van der Waals surface area contributed by atoms with Crippen molar-refractivity contribution in [2.75, 3.05) is 7.11 Å². The van der Waals surface area contributed by atoms with Gasteiger partial charge in [-0.15, -0.1) is 0 Å². The molecule has 2 heteroatoms. The Bertz CT molecular complexity index is 264. The minimum atomic E-state index is 0.101. The zero-order valence-electron chi connectivity index (χ0n) is 6.41. The lowest BCUT2D eigenvalue weighted by Crippen LogP contribution is -2.29. The van der Waals surface area contributed by atoms with Gasteiger partial charge in [0.25, 0.3) is 0 Å². The maximum atomic E-state index is 11.4. The summed E-state index contributed by atoms with van der Waals surface area (Å²) in [5.74, 6) is 4.35. The second-order valence-electron chi connectivity index (χ2n) is 4.56. The molecule has 0 heterocycles. The lowest BCUT2D eigenvalue weighted by molar-refractivity contribution is -0.151. The van der Waals surface area contributed by atoms with Crippen molar-refractivity contribution in [3.8, 4) is 0 Å². The Morgan fingerprint density at radius 1 is 1.55 bits per heavy atom. The van der Waals surface area contributed by atoms with Crippen molar-refractivity contribution in [2.45, 2.75) is 6.42 Å². The molecule has 0 radical (unpaired) electrons. The third-order valence-electron chi connectivity index (χ3n) is 4.75. The van der Waals surface area contributed by atoms with E-state index < -0.39 is 0 Å². The summed E-state index contributed by atoms with van der Waals surface area (Å²) in [6.45, 7) is 0. The summed E-state index contributed by atoms with van der Waals surface area (Å²) in [7, 11) is 1.53. The van der Waals surface area contributed by atoms with Crippen LogP contribution in [0.5, 0.6) is 0 Å². The van der Waals surface area contributed by atoms with Crippen molar-refractivity contribution in [3.63, 3.8) is 0 Å². The van der Waals surface area contributed by atoms with Gasteiger partial charge in [-0.3, -0.25) is 4.79 Å². The highest BCUT2D eigenvalue weighted by atomic mass is 16.5. The molecule has 5 aliphatic carbocycles. The van der Waals surface area contributed by atoms with Gasteiger partial charge in [-0.05, 0) is 36.0 Å². The Morgan fingerprint density at radius 3 is 2.73 bits per heavy atom. The Balaban J connectivity index is 1.82. The van der Waals surface area contributed by atoms with E-state index in [1.54, 1.807) is 0 Å². The van der Waals surface area contributed by atoms with Crippen molar-refractivity contribution < 1.29 is 9.53 Å². The molecule has 6 atom stereocenters. The minimum absolute atomic E-state index is 0.101. The highest BCUT2D eigenvalue weighted by molar-refractivity contribution is 5.87. The summed E-state index contributed by atoms with van der Waals surface area (Å²) >= 11 is 0. The minimum Gasteiger partial charge on any atom is -0.469 e. The molecule has 4 unspecified atom stereocenters. The van der Waals surface area contributed by atoms with Gasteiger partial charge in [0.15, 0.2) is 0 Å². The van der Waals surface area contributed by atoms with Gasteiger partial charge >= 0.3 is 5.97 Å². The molecule has 11 heavy (non-hydrogen) atoms. The monoisotopic (exact) mass is 150 g/mol. The van der Waals surface area contributed by atoms with Gasteiger partial charge in [-0.1, -0.05) is 0 Å². The zero-order chi connectivity index (χ0) is 7.38. The summed E-state index contributed by atoms with van der Waals surface area (Å²) in [4.78, 5) is 11.4. The first-order chi connectivity index (χ1) is 5.33.